The zero-order valence-corrected chi connectivity index (χ0v) is 9.83. The molecule has 0 saturated heterocycles. The highest BCUT2D eigenvalue weighted by Gasteiger charge is 2.26. The summed E-state index contributed by atoms with van der Waals surface area (Å²) in [5.74, 6) is 0.577. The Morgan fingerprint density at radius 2 is 2.00 bits per heavy atom. The third-order valence-corrected chi connectivity index (χ3v) is 3.83. The molecule has 0 radical (unpaired) electrons. The maximum atomic E-state index is 2.31. The van der Waals surface area contributed by atoms with Crippen LogP contribution in [0.3, 0.4) is 0 Å². The van der Waals surface area contributed by atoms with Crippen molar-refractivity contribution in [2.75, 3.05) is 0 Å². The maximum Gasteiger partial charge on any atom is 0.00325 e. The third-order valence-electron chi connectivity index (χ3n) is 3.83. The molecule has 0 bridgehead atoms. The van der Waals surface area contributed by atoms with E-state index in [1.54, 1.807) is 0 Å². The van der Waals surface area contributed by atoms with Gasteiger partial charge in [-0.1, -0.05) is 55.0 Å². The van der Waals surface area contributed by atoms with Gasteiger partial charge in [-0.05, 0) is 35.6 Å². The van der Waals surface area contributed by atoms with Crippen molar-refractivity contribution in [2.45, 2.75) is 26.2 Å². The molecule has 2 aliphatic rings. The molecule has 0 heteroatoms. The third kappa shape index (κ3) is 1.23. The van der Waals surface area contributed by atoms with E-state index in [2.05, 4.69) is 56.3 Å². The molecule has 0 saturated carbocycles. The van der Waals surface area contributed by atoms with E-state index < -0.39 is 0 Å². The van der Waals surface area contributed by atoms with Crippen LogP contribution >= 0.6 is 0 Å². The van der Waals surface area contributed by atoms with Crippen LogP contribution in [-0.4, -0.2) is 0 Å². The summed E-state index contributed by atoms with van der Waals surface area (Å²) in [5.41, 5.74) is 7.43. The smallest absolute Gasteiger partial charge is 0.00325 e. The van der Waals surface area contributed by atoms with Gasteiger partial charge in [0.05, 0.1) is 0 Å². The number of rotatable bonds is 1. The Morgan fingerprint density at radius 1 is 1.19 bits per heavy atom. The Balaban J connectivity index is 2.17. The Labute approximate surface area is 97.0 Å². The first kappa shape index (κ1) is 9.65. The van der Waals surface area contributed by atoms with E-state index in [4.69, 9.17) is 0 Å². The van der Waals surface area contributed by atoms with Crippen molar-refractivity contribution < 1.29 is 0 Å². The fourth-order valence-electron chi connectivity index (χ4n) is 2.82. The summed E-state index contributed by atoms with van der Waals surface area (Å²) in [4.78, 5) is 0. The normalized spacial score (nSPS) is 22.6. The van der Waals surface area contributed by atoms with E-state index >= 15 is 0 Å². The van der Waals surface area contributed by atoms with Crippen molar-refractivity contribution >= 4 is 5.57 Å². The molecule has 1 aromatic carbocycles. The summed E-state index contributed by atoms with van der Waals surface area (Å²) >= 11 is 0. The fraction of sp³-hybridized carbons (Fsp3) is 0.250. The van der Waals surface area contributed by atoms with Gasteiger partial charge in [-0.25, -0.2) is 0 Å². The fourth-order valence-corrected chi connectivity index (χ4v) is 2.82. The SMILES string of the molecule is CC1=C(C2=CC=CC2)c2ccccc2C1C. The molecule has 0 spiro atoms. The van der Waals surface area contributed by atoms with Gasteiger partial charge < -0.3 is 0 Å². The van der Waals surface area contributed by atoms with Crippen molar-refractivity contribution in [3.05, 3.63) is 64.8 Å². The lowest BCUT2D eigenvalue weighted by Crippen LogP contribution is -1.88. The summed E-state index contributed by atoms with van der Waals surface area (Å²) in [7, 11) is 0. The highest BCUT2D eigenvalue weighted by Crippen LogP contribution is 2.45. The topological polar surface area (TPSA) is 0 Å². The minimum absolute atomic E-state index is 0.577. The van der Waals surface area contributed by atoms with Gasteiger partial charge in [0.1, 0.15) is 0 Å². The van der Waals surface area contributed by atoms with Gasteiger partial charge in [-0.2, -0.15) is 0 Å². The van der Waals surface area contributed by atoms with Crippen LogP contribution in [0.1, 0.15) is 37.3 Å². The van der Waals surface area contributed by atoms with Crippen LogP contribution in [-0.2, 0) is 0 Å². The largest absolute Gasteiger partial charge is 0.0801 e. The van der Waals surface area contributed by atoms with Crippen molar-refractivity contribution in [1.29, 1.82) is 0 Å². The highest BCUT2D eigenvalue weighted by atomic mass is 14.3. The molecular formula is C16H16. The second-order valence-electron chi connectivity index (χ2n) is 4.69. The van der Waals surface area contributed by atoms with Gasteiger partial charge >= 0.3 is 0 Å². The number of hydrogen-bond donors (Lipinski definition) is 0. The summed E-state index contributed by atoms with van der Waals surface area (Å²) in [6.45, 7) is 4.59. The molecule has 0 aromatic heterocycles. The molecule has 0 aliphatic heterocycles. The van der Waals surface area contributed by atoms with Crippen LogP contribution in [0.5, 0.6) is 0 Å². The van der Waals surface area contributed by atoms with E-state index in [0.717, 1.165) is 6.42 Å². The predicted molar refractivity (Wildman–Crippen MR) is 69.3 cm³/mol. The van der Waals surface area contributed by atoms with Crippen LogP contribution in [0.25, 0.3) is 5.57 Å². The van der Waals surface area contributed by atoms with Crippen molar-refractivity contribution in [2.24, 2.45) is 0 Å². The molecule has 0 N–H and O–H groups in total. The zero-order valence-electron chi connectivity index (χ0n) is 9.83. The van der Waals surface area contributed by atoms with Gasteiger partial charge in [0.25, 0.3) is 0 Å². The minimum atomic E-state index is 0.577. The average molecular weight is 208 g/mol. The van der Waals surface area contributed by atoms with Gasteiger partial charge in [0.2, 0.25) is 0 Å². The molecule has 1 atom stereocenters. The average Bonchev–Trinajstić information content (AvgIpc) is 2.89. The standard InChI is InChI=1S/C16H16/c1-11-12(2)16(13-7-3-4-8-13)15-10-6-5-9-14(11)15/h3-7,9-11H,8H2,1-2H3. The van der Waals surface area contributed by atoms with Crippen molar-refractivity contribution in [1.82, 2.24) is 0 Å². The lowest BCUT2D eigenvalue weighted by Gasteiger charge is -2.07. The molecule has 0 heterocycles. The van der Waals surface area contributed by atoms with Crippen LogP contribution in [0.4, 0.5) is 0 Å². The van der Waals surface area contributed by atoms with Crippen LogP contribution in [0, 0.1) is 0 Å². The summed E-state index contributed by atoms with van der Waals surface area (Å²) in [5, 5.41) is 0. The molecule has 0 fully saturated rings. The predicted octanol–water partition coefficient (Wildman–Crippen LogP) is 4.46. The molecule has 1 aromatic rings. The summed E-state index contributed by atoms with van der Waals surface area (Å²) in [6.07, 6.45) is 7.75. The van der Waals surface area contributed by atoms with E-state index in [1.165, 1.54) is 27.8 Å². The number of fused-ring (bicyclic) bond motifs is 1. The zero-order chi connectivity index (χ0) is 11.1. The first-order chi connectivity index (χ1) is 7.79. The lowest BCUT2D eigenvalue weighted by molar-refractivity contribution is 0.920. The molecule has 1 unspecified atom stereocenters. The molecule has 16 heavy (non-hydrogen) atoms. The van der Waals surface area contributed by atoms with Gasteiger partial charge in [-0.3, -0.25) is 0 Å². The number of benzene rings is 1. The van der Waals surface area contributed by atoms with Crippen LogP contribution < -0.4 is 0 Å². The van der Waals surface area contributed by atoms with Gasteiger partial charge in [0, 0.05) is 5.92 Å². The second-order valence-corrected chi connectivity index (χ2v) is 4.69. The van der Waals surface area contributed by atoms with E-state index in [1.807, 2.05) is 0 Å². The van der Waals surface area contributed by atoms with Crippen LogP contribution in [0.15, 0.2) is 53.6 Å². The first-order valence-corrected chi connectivity index (χ1v) is 5.95. The van der Waals surface area contributed by atoms with Gasteiger partial charge in [0.15, 0.2) is 0 Å². The Morgan fingerprint density at radius 3 is 2.75 bits per heavy atom. The quantitative estimate of drug-likeness (QED) is 0.639. The van der Waals surface area contributed by atoms with Crippen molar-refractivity contribution in [3.8, 4) is 0 Å². The van der Waals surface area contributed by atoms with E-state index in [-0.39, 0.29) is 0 Å². The number of allylic oxidation sites excluding steroid dienone is 6. The monoisotopic (exact) mass is 208 g/mol. The molecule has 80 valence electrons. The lowest BCUT2D eigenvalue weighted by atomic mass is 9.97. The van der Waals surface area contributed by atoms with Crippen LogP contribution in [0.2, 0.25) is 0 Å². The molecule has 0 amide bonds. The van der Waals surface area contributed by atoms with Gasteiger partial charge in [-0.15, -0.1) is 0 Å². The van der Waals surface area contributed by atoms with E-state index in [9.17, 15) is 0 Å². The van der Waals surface area contributed by atoms with E-state index in [0.29, 0.717) is 5.92 Å². The summed E-state index contributed by atoms with van der Waals surface area (Å²) in [6, 6.07) is 8.82. The molecule has 3 rings (SSSR count). The Kier molecular flexibility index (Phi) is 2.10. The highest BCUT2D eigenvalue weighted by molar-refractivity contribution is 5.88. The Hall–Kier alpha value is -1.56. The maximum absolute atomic E-state index is 2.31. The minimum Gasteiger partial charge on any atom is -0.0801 e. The second kappa shape index (κ2) is 3.48. The molecule has 2 aliphatic carbocycles. The molecule has 0 nitrogen and oxygen atoms in total. The number of hydrogen-bond acceptors (Lipinski definition) is 0. The summed E-state index contributed by atoms with van der Waals surface area (Å²) < 4.78 is 0. The van der Waals surface area contributed by atoms with Crippen molar-refractivity contribution in [3.63, 3.8) is 0 Å². The Bertz CT molecular complexity index is 527. The molecular weight excluding hydrogens is 192 g/mol. The first-order valence-electron chi connectivity index (χ1n) is 5.95.